The molecule has 0 saturated heterocycles. The maximum atomic E-state index is 12.1. The number of hydrogen-bond acceptors (Lipinski definition) is 2. The predicted octanol–water partition coefficient (Wildman–Crippen LogP) is 2.33. The smallest absolute Gasteiger partial charge is 0.239 e. The predicted molar refractivity (Wildman–Crippen MR) is 75.1 cm³/mol. The molecule has 2 N–H and O–H groups in total. The summed E-state index contributed by atoms with van der Waals surface area (Å²) < 4.78 is 0. The molecule has 0 fully saturated rings. The van der Waals surface area contributed by atoms with Crippen molar-refractivity contribution in [3.05, 3.63) is 35.4 Å². The van der Waals surface area contributed by atoms with Crippen LogP contribution in [0.25, 0.3) is 0 Å². The van der Waals surface area contributed by atoms with Crippen molar-refractivity contribution in [1.82, 2.24) is 4.90 Å². The van der Waals surface area contributed by atoms with Gasteiger partial charge in [0, 0.05) is 13.6 Å². The van der Waals surface area contributed by atoms with E-state index in [1.807, 2.05) is 25.2 Å². The minimum Gasteiger partial charge on any atom is -0.340 e. The first-order chi connectivity index (χ1) is 8.41. The first kappa shape index (κ1) is 14.7. The Kier molecular flexibility index (Phi) is 5.35. The molecule has 3 nitrogen and oxygen atoms in total. The second kappa shape index (κ2) is 6.55. The molecule has 3 heteroatoms. The molecule has 1 rings (SSSR count). The molecule has 0 aliphatic heterocycles. The van der Waals surface area contributed by atoms with Crippen LogP contribution in [0, 0.1) is 12.8 Å². The van der Waals surface area contributed by atoms with Crippen LogP contribution in [-0.2, 0) is 11.3 Å². The van der Waals surface area contributed by atoms with Crippen LogP contribution in [0.2, 0.25) is 0 Å². The highest BCUT2D eigenvalue weighted by atomic mass is 16.2. The van der Waals surface area contributed by atoms with E-state index in [0.29, 0.717) is 12.5 Å². The fourth-order valence-electron chi connectivity index (χ4n) is 2.01. The lowest BCUT2D eigenvalue weighted by molar-refractivity contribution is -0.132. The number of hydrogen-bond donors (Lipinski definition) is 1. The number of rotatable bonds is 5. The zero-order chi connectivity index (χ0) is 13.7. The number of amides is 1. The van der Waals surface area contributed by atoms with Crippen molar-refractivity contribution < 1.29 is 4.79 Å². The quantitative estimate of drug-likeness (QED) is 0.869. The van der Waals surface area contributed by atoms with E-state index in [4.69, 9.17) is 5.73 Å². The average Bonchev–Trinajstić information content (AvgIpc) is 2.30. The van der Waals surface area contributed by atoms with E-state index in [1.54, 1.807) is 4.90 Å². The van der Waals surface area contributed by atoms with Crippen molar-refractivity contribution >= 4 is 5.91 Å². The van der Waals surface area contributed by atoms with Crippen molar-refractivity contribution in [2.24, 2.45) is 11.7 Å². The van der Waals surface area contributed by atoms with Gasteiger partial charge < -0.3 is 10.6 Å². The largest absolute Gasteiger partial charge is 0.340 e. The van der Waals surface area contributed by atoms with Gasteiger partial charge in [0.25, 0.3) is 0 Å². The van der Waals surface area contributed by atoms with Crippen LogP contribution >= 0.6 is 0 Å². The Morgan fingerprint density at radius 2 is 1.94 bits per heavy atom. The van der Waals surface area contributed by atoms with Gasteiger partial charge in [-0.05, 0) is 30.4 Å². The van der Waals surface area contributed by atoms with Gasteiger partial charge in [0.1, 0.15) is 0 Å². The van der Waals surface area contributed by atoms with E-state index in [9.17, 15) is 4.79 Å². The van der Waals surface area contributed by atoms with Crippen molar-refractivity contribution in [2.45, 2.75) is 39.8 Å². The molecule has 100 valence electrons. The molecule has 0 radical (unpaired) electrons. The Morgan fingerprint density at radius 3 is 2.50 bits per heavy atom. The number of likely N-dealkylation sites (N-methyl/N-ethyl adjacent to an activating group) is 1. The van der Waals surface area contributed by atoms with Gasteiger partial charge in [0.2, 0.25) is 5.91 Å². The summed E-state index contributed by atoms with van der Waals surface area (Å²) in [7, 11) is 1.81. The molecule has 0 heterocycles. The van der Waals surface area contributed by atoms with Crippen LogP contribution in [0.3, 0.4) is 0 Å². The van der Waals surface area contributed by atoms with Gasteiger partial charge >= 0.3 is 0 Å². The molecule has 1 aromatic carbocycles. The van der Waals surface area contributed by atoms with Crippen LogP contribution in [0.5, 0.6) is 0 Å². The summed E-state index contributed by atoms with van der Waals surface area (Å²) in [5.41, 5.74) is 8.29. The van der Waals surface area contributed by atoms with E-state index in [2.05, 4.69) is 26.8 Å². The van der Waals surface area contributed by atoms with E-state index in [1.165, 1.54) is 11.1 Å². The average molecular weight is 248 g/mol. The molecule has 0 aliphatic rings. The van der Waals surface area contributed by atoms with Crippen LogP contribution in [0.15, 0.2) is 24.3 Å². The van der Waals surface area contributed by atoms with E-state index >= 15 is 0 Å². The Morgan fingerprint density at radius 1 is 1.33 bits per heavy atom. The second-order valence-electron chi connectivity index (χ2n) is 5.36. The monoisotopic (exact) mass is 248 g/mol. The zero-order valence-corrected chi connectivity index (χ0v) is 11.8. The minimum atomic E-state index is -0.390. The number of nitrogens with two attached hydrogens (primary N) is 1. The number of nitrogens with zero attached hydrogens (tertiary/aromatic N) is 1. The third kappa shape index (κ3) is 4.15. The maximum absolute atomic E-state index is 12.1. The lowest BCUT2D eigenvalue weighted by atomic mass is 10.0. The highest BCUT2D eigenvalue weighted by Gasteiger charge is 2.19. The summed E-state index contributed by atoms with van der Waals surface area (Å²) in [6.45, 7) is 6.84. The van der Waals surface area contributed by atoms with E-state index in [0.717, 1.165) is 6.42 Å². The lowest BCUT2D eigenvalue weighted by Crippen LogP contribution is -2.42. The molecule has 1 unspecified atom stereocenters. The van der Waals surface area contributed by atoms with Crippen LogP contribution in [0.4, 0.5) is 0 Å². The molecule has 1 aromatic rings. The third-order valence-electron chi connectivity index (χ3n) is 3.09. The summed E-state index contributed by atoms with van der Waals surface area (Å²) in [6, 6.07) is 7.72. The SMILES string of the molecule is Cc1ccccc1CN(C)C(=O)C(N)CC(C)C. The standard InChI is InChI=1S/C15H24N2O/c1-11(2)9-14(16)15(18)17(4)10-13-8-6-5-7-12(13)3/h5-8,11,14H,9-10,16H2,1-4H3. The zero-order valence-electron chi connectivity index (χ0n) is 11.8. The first-order valence-corrected chi connectivity index (χ1v) is 6.47. The Bertz CT molecular complexity index is 401. The summed E-state index contributed by atoms with van der Waals surface area (Å²) in [5, 5.41) is 0. The second-order valence-corrected chi connectivity index (χ2v) is 5.36. The first-order valence-electron chi connectivity index (χ1n) is 6.47. The fraction of sp³-hybridized carbons (Fsp3) is 0.533. The summed E-state index contributed by atoms with van der Waals surface area (Å²) in [5.74, 6) is 0.461. The van der Waals surface area contributed by atoms with Gasteiger partial charge in [-0.3, -0.25) is 4.79 Å². The van der Waals surface area contributed by atoms with Crippen molar-refractivity contribution in [1.29, 1.82) is 0 Å². The van der Waals surface area contributed by atoms with Gasteiger partial charge in [-0.2, -0.15) is 0 Å². The molecule has 1 atom stereocenters. The maximum Gasteiger partial charge on any atom is 0.239 e. The lowest BCUT2D eigenvalue weighted by Gasteiger charge is -2.23. The Balaban J connectivity index is 2.63. The summed E-state index contributed by atoms with van der Waals surface area (Å²) in [4.78, 5) is 13.8. The Hall–Kier alpha value is -1.35. The third-order valence-corrected chi connectivity index (χ3v) is 3.09. The molecule has 18 heavy (non-hydrogen) atoms. The minimum absolute atomic E-state index is 0.0203. The molecule has 1 amide bonds. The number of carbonyl (C=O) groups is 1. The van der Waals surface area contributed by atoms with Crippen LogP contribution < -0.4 is 5.73 Å². The van der Waals surface area contributed by atoms with E-state index in [-0.39, 0.29) is 11.9 Å². The highest BCUT2D eigenvalue weighted by molar-refractivity contribution is 5.81. The van der Waals surface area contributed by atoms with Gasteiger partial charge in [-0.1, -0.05) is 38.1 Å². The fourth-order valence-corrected chi connectivity index (χ4v) is 2.01. The summed E-state index contributed by atoms with van der Waals surface area (Å²) >= 11 is 0. The molecule has 0 spiro atoms. The highest BCUT2D eigenvalue weighted by Crippen LogP contribution is 2.11. The van der Waals surface area contributed by atoms with Gasteiger partial charge in [0.05, 0.1) is 6.04 Å². The molecule has 0 bridgehead atoms. The van der Waals surface area contributed by atoms with Crippen LogP contribution in [0.1, 0.15) is 31.4 Å². The molecular formula is C15H24N2O. The normalized spacial score (nSPS) is 12.6. The molecular weight excluding hydrogens is 224 g/mol. The number of carbonyl (C=O) groups excluding carboxylic acids is 1. The molecule has 0 saturated carbocycles. The van der Waals surface area contributed by atoms with Gasteiger partial charge in [-0.15, -0.1) is 0 Å². The van der Waals surface area contributed by atoms with Crippen LogP contribution in [-0.4, -0.2) is 23.9 Å². The van der Waals surface area contributed by atoms with Gasteiger partial charge in [0.15, 0.2) is 0 Å². The molecule has 0 aromatic heterocycles. The number of benzene rings is 1. The topological polar surface area (TPSA) is 46.3 Å². The van der Waals surface area contributed by atoms with E-state index < -0.39 is 0 Å². The Labute approximate surface area is 110 Å². The number of aryl methyl sites for hydroxylation is 1. The van der Waals surface area contributed by atoms with Crippen molar-refractivity contribution in [3.63, 3.8) is 0 Å². The van der Waals surface area contributed by atoms with Gasteiger partial charge in [-0.25, -0.2) is 0 Å². The summed E-state index contributed by atoms with van der Waals surface area (Å²) in [6.07, 6.45) is 0.733. The molecule has 0 aliphatic carbocycles. The van der Waals surface area contributed by atoms with Crippen molar-refractivity contribution in [2.75, 3.05) is 7.05 Å². The van der Waals surface area contributed by atoms with Crippen molar-refractivity contribution in [3.8, 4) is 0 Å².